The summed E-state index contributed by atoms with van der Waals surface area (Å²) in [4.78, 5) is 28.8. The van der Waals surface area contributed by atoms with Crippen molar-refractivity contribution in [2.24, 2.45) is 0 Å². The van der Waals surface area contributed by atoms with Crippen LogP contribution in [0.25, 0.3) is 33.5 Å². The summed E-state index contributed by atoms with van der Waals surface area (Å²) < 4.78 is 8.50. The van der Waals surface area contributed by atoms with Crippen molar-refractivity contribution in [1.29, 1.82) is 0 Å². The fraction of sp³-hybridized carbons (Fsp3) is 0.229. The maximum Gasteiger partial charge on any atom is 0.251 e. The number of fused-ring (bicyclic) bond motifs is 1. The summed E-state index contributed by atoms with van der Waals surface area (Å²) in [7, 11) is 1.61. The quantitative estimate of drug-likeness (QED) is 0.195. The predicted octanol–water partition coefficient (Wildman–Crippen LogP) is 7.25. The van der Waals surface area contributed by atoms with Crippen LogP contribution in [0.2, 0.25) is 5.02 Å². The fourth-order valence-corrected chi connectivity index (χ4v) is 6.04. The maximum atomic E-state index is 12.4. The van der Waals surface area contributed by atoms with Crippen LogP contribution in [0.4, 0.5) is 0 Å². The number of hydrogen-bond acceptors (Lipinski definition) is 5. The minimum atomic E-state index is -1.21. The van der Waals surface area contributed by atoms with E-state index in [0.29, 0.717) is 27.9 Å². The number of ether oxygens (including phenoxy) is 1. The molecule has 0 spiro atoms. The van der Waals surface area contributed by atoms with E-state index in [0.717, 1.165) is 59.3 Å². The molecule has 0 bridgehead atoms. The Kier molecular flexibility index (Phi) is 9.57. The van der Waals surface area contributed by atoms with Gasteiger partial charge in [0.05, 0.1) is 17.0 Å². The number of rotatable bonds is 8. The molecule has 1 aromatic heterocycles. The molecule has 0 radical (unpaired) electrons. The third kappa shape index (κ3) is 6.44. The molecule has 1 N–H and O–H groups in total. The molecule has 1 amide bonds. The van der Waals surface area contributed by atoms with Crippen molar-refractivity contribution >= 4 is 46.9 Å². The number of carboxylic acids is 1. The van der Waals surface area contributed by atoms with Crippen molar-refractivity contribution in [2.45, 2.75) is 44.8 Å². The van der Waals surface area contributed by atoms with Crippen molar-refractivity contribution in [3.05, 3.63) is 107 Å². The summed E-state index contributed by atoms with van der Waals surface area (Å²) in [6.07, 6.45) is 5.67. The van der Waals surface area contributed by atoms with Gasteiger partial charge in [-0.25, -0.2) is 4.98 Å². The normalized spacial score (nSPS) is 13.3. The number of nitrogens with one attached hydrogen (secondary N) is 1. The number of imidazole rings is 1. The molecular formula is C35H32Cl2N3O4-. The van der Waals surface area contributed by atoms with Crippen LogP contribution in [0.1, 0.15) is 64.4 Å². The summed E-state index contributed by atoms with van der Waals surface area (Å²) in [5.41, 5.74) is 5.98. The van der Waals surface area contributed by atoms with E-state index in [1.165, 1.54) is 6.42 Å². The number of nitrogens with zero attached hydrogens (tertiary/aromatic N) is 2. The van der Waals surface area contributed by atoms with Crippen LogP contribution in [0.5, 0.6) is 5.75 Å². The van der Waals surface area contributed by atoms with Crippen LogP contribution in [-0.2, 0) is 6.61 Å². The lowest BCUT2D eigenvalue weighted by Gasteiger charge is -2.25. The lowest BCUT2D eigenvalue weighted by atomic mass is 9.95. The summed E-state index contributed by atoms with van der Waals surface area (Å²) in [5, 5.41) is 14.8. The molecule has 9 heteroatoms. The Bertz CT molecular complexity index is 1790. The first-order valence-electron chi connectivity index (χ1n) is 14.5. The number of halogens is 2. The van der Waals surface area contributed by atoms with Gasteiger partial charge in [-0.05, 0) is 95.8 Å². The van der Waals surface area contributed by atoms with Gasteiger partial charge in [0, 0.05) is 29.2 Å². The maximum absolute atomic E-state index is 12.4. The third-order valence-corrected chi connectivity index (χ3v) is 8.37. The Hall–Kier alpha value is -4.33. The number of carbonyl (C=O) groups is 2. The van der Waals surface area contributed by atoms with Gasteiger partial charge < -0.3 is 24.5 Å². The van der Waals surface area contributed by atoms with E-state index in [4.69, 9.17) is 21.3 Å². The molecule has 5 aromatic rings. The molecule has 1 fully saturated rings. The number of amides is 1. The first-order valence-corrected chi connectivity index (χ1v) is 14.9. The number of aromatic carboxylic acids is 1. The highest BCUT2D eigenvalue weighted by atomic mass is 35.5. The average Bonchev–Trinajstić information content (AvgIpc) is 3.43. The van der Waals surface area contributed by atoms with Crippen LogP contribution in [0.15, 0.2) is 84.9 Å². The molecule has 1 heterocycles. The first-order chi connectivity index (χ1) is 20.9. The molecule has 0 aliphatic heterocycles. The van der Waals surface area contributed by atoms with E-state index in [2.05, 4.69) is 9.88 Å². The van der Waals surface area contributed by atoms with E-state index < -0.39 is 5.97 Å². The molecule has 44 heavy (non-hydrogen) atoms. The van der Waals surface area contributed by atoms with Crippen LogP contribution in [0.3, 0.4) is 0 Å². The van der Waals surface area contributed by atoms with Crippen molar-refractivity contribution in [2.75, 3.05) is 7.05 Å². The van der Waals surface area contributed by atoms with Crippen molar-refractivity contribution < 1.29 is 19.4 Å². The average molecular weight is 630 g/mol. The third-order valence-electron chi connectivity index (χ3n) is 8.12. The SMILES string of the molecule is CNC(=O)c1ccc(-c2ccc(Cl)cc2)c(COc2ccc(-c3nc4cc(C(=O)[O-])ccc4n3C3CCCCC3)cc2)c1.Cl. The second-order valence-electron chi connectivity index (χ2n) is 10.9. The van der Waals surface area contributed by atoms with E-state index in [1.54, 1.807) is 25.2 Å². The highest BCUT2D eigenvalue weighted by molar-refractivity contribution is 6.30. The topological polar surface area (TPSA) is 96.3 Å². The van der Waals surface area contributed by atoms with E-state index >= 15 is 0 Å². The van der Waals surface area contributed by atoms with Gasteiger partial charge in [-0.15, -0.1) is 12.4 Å². The highest BCUT2D eigenvalue weighted by Crippen LogP contribution is 2.37. The molecule has 0 saturated heterocycles. The summed E-state index contributed by atoms with van der Waals surface area (Å²) in [5.74, 6) is 0.112. The summed E-state index contributed by atoms with van der Waals surface area (Å²) in [6, 6.07) is 26.3. The van der Waals surface area contributed by atoms with Crippen LogP contribution in [-0.4, -0.2) is 28.5 Å². The molecule has 4 aromatic carbocycles. The Labute approximate surface area is 267 Å². The molecule has 0 unspecified atom stereocenters. The smallest absolute Gasteiger partial charge is 0.251 e. The second-order valence-corrected chi connectivity index (χ2v) is 11.3. The van der Waals surface area contributed by atoms with Gasteiger partial charge in [0.1, 0.15) is 18.2 Å². The zero-order valence-corrected chi connectivity index (χ0v) is 25.8. The molecule has 1 aliphatic carbocycles. The van der Waals surface area contributed by atoms with Crippen LogP contribution in [0, 0.1) is 0 Å². The molecule has 6 rings (SSSR count). The van der Waals surface area contributed by atoms with Gasteiger partial charge >= 0.3 is 0 Å². The lowest BCUT2D eigenvalue weighted by molar-refractivity contribution is -0.255. The molecule has 1 saturated carbocycles. The fourth-order valence-electron chi connectivity index (χ4n) is 5.91. The van der Waals surface area contributed by atoms with E-state index in [-0.39, 0.29) is 30.5 Å². The summed E-state index contributed by atoms with van der Waals surface area (Å²) in [6.45, 7) is 0.259. The standard InChI is InChI=1S/C35H32ClN3O4.ClH/c1-37-34(40)24-11-17-30(22-7-13-27(36)14-8-22)26(19-24)21-43-29-15-9-23(10-16-29)33-38-31-20-25(35(41)42)12-18-32(31)39(33)28-5-3-2-4-6-28;/h7-20,28H,2-6,21H2,1H3,(H,37,40)(H,41,42);1H/p-1. The molecule has 226 valence electrons. The van der Waals surface area contributed by atoms with Gasteiger partial charge in [-0.3, -0.25) is 4.79 Å². The molecule has 1 aliphatic rings. The number of hydrogen-bond donors (Lipinski definition) is 1. The van der Waals surface area contributed by atoms with Gasteiger partial charge in [0.15, 0.2) is 0 Å². The molecule has 0 atom stereocenters. The minimum Gasteiger partial charge on any atom is -0.545 e. The van der Waals surface area contributed by atoms with Gasteiger partial charge in [0.25, 0.3) is 5.91 Å². The number of benzene rings is 4. The van der Waals surface area contributed by atoms with Gasteiger partial charge in [-0.2, -0.15) is 0 Å². The Morgan fingerprint density at radius 1 is 0.909 bits per heavy atom. The minimum absolute atomic E-state index is 0. The Morgan fingerprint density at radius 2 is 1.59 bits per heavy atom. The van der Waals surface area contributed by atoms with Crippen molar-refractivity contribution in [3.63, 3.8) is 0 Å². The van der Waals surface area contributed by atoms with E-state index in [9.17, 15) is 14.7 Å². The summed E-state index contributed by atoms with van der Waals surface area (Å²) >= 11 is 6.11. The van der Waals surface area contributed by atoms with Gasteiger partial charge in [-0.1, -0.05) is 55.1 Å². The zero-order valence-electron chi connectivity index (χ0n) is 24.2. The first kappa shape index (κ1) is 31.1. The Morgan fingerprint density at radius 3 is 2.27 bits per heavy atom. The molecular weight excluding hydrogens is 597 g/mol. The zero-order chi connectivity index (χ0) is 29.9. The molecule has 7 nitrogen and oxygen atoms in total. The van der Waals surface area contributed by atoms with Crippen molar-refractivity contribution in [1.82, 2.24) is 14.9 Å². The second kappa shape index (κ2) is 13.5. The van der Waals surface area contributed by atoms with Gasteiger partial charge in [0.2, 0.25) is 0 Å². The monoisotopic (exact) mass is 628 g/mol. The number of aromatic nitrogens is 2. The predicted molar refractivity (Wildman–Crippen MR) is 173 cm³/mol. The lowest BCUT2D eigenvalue weighted by Crippen LogP contribution is -2.22. The van der Waals surface area contributed by atoms with Crippen molar-refractivity contribution in [3.8, 4) is 28.3 Å². The number of carboxylic acid groups (broad SMARTS) is 1. The van der Waals surface area contributed by atoms with E-state index in [1.807, 2.05) is 66.7 Å². The largest absolute Gasteiger partial charge is 0.545 e. The van der Waals surface area contributed by atoms with Crippen LogP contribution < -0.4 is 15.2 Å². The Balaban J connectivity index is 0.00000384. The van der Waals surface area contributed by atoms with Crippen LogP contribution >= 0.6 is 24.0 Å². The highest BCUT2D eigenvalue weighted by Gasteiger charge is 2.23. The number of carbonyl (C=O) groups excluding carboxylic acids is 2.